The van der Waals surface area contributed by atoms with Gasteiger partial charge in [0.1, 0.15) is 6.33 Å². The van der Waals surface area contributed by atoms with Crippen molar-refractivity contribution in [2.75, 3.05) is 13.1 Å². The Bertz CT molecular complexity index is 348. The van der Waals surface area contributed by atoms with E-state index in [4.69, 9.17) is 0 Å². The fourth-order valence-corrected chi connectivity index (χ4v) is 1.85. The Hall–Kier alpha value is -1.10. The average Bonchev–Trinajstić information content (AvgIpc) is 2.52. The Kier molecular flexibility index (Phi) is 2.67. The van der Waals surface area contributed by atoms with Crippen molar-refractivity contribution < 1.29 is 0 Å². The highest BCUT2D eigenvalue weighted by atomic mass is 16.2. The van der Waals surface area contributed by atoms with E-state index in [0.29, 0.717) is 5.92 Å². The van der Waals surface area contributed by atoms with Crippen molar-refractivity contribution in [1.29, 1.82) is 0 Å². The van der Waals surface area contributed by atoms with Crippen molar-refractivity contribution in [2.45, 2.75) is 19.4 Å². The first-order valence-electron chi connectivity index (χ1n) is 5.06. The molecule has 1 aromatic rings. The molecule has 0 spiro atoms. The van der Waals surface area contributed by atoms with Crippen molar-refractivity contribution in [1.82, 2.24) is 19.7 Å². The van der Waals surface area contributed by atoms with Crippen LogP contribution in [0.2, 0.25) is 0 Å². The summed E-state index contributed by atoms with van der Waals surface area (Å²) in [4.78, 5) is 11.5. The molecule has 5 nitrogen and oxygen atoms in total. The second kappa shape index (κ2) is 3.96. The number of hydrogen-bond acceptors (Lipinski definition) is 3. The van der Waals surface area contributed by atoms with Crippen LogP contribution in [0.1, 0.15) is 12.8 Å². The summed E-state index contributed by atoms with van der Waals surface area (Å²) in [5.74, 6) is 0.601. The summed E-state index contributed by atoms with van der Waals surface area (Å²) in [5.41, 5.74) is -0.0106. The molecule has 0 unspecified atom stereocenters. The normalized spacial score (nSPS) is 18.6. The second-order valence-corrected chi connectivity index (χ2v) is 3.90. The molecule has 2 heterocycles. The van der Waals surface area contributed by atoms with Crippen LogP contribution in [0.4, 0.5) is 0 Å². The van der Waals surface area contributed by atoms with Crippen LogP contribution in [-0.4, -0.2) is 27.4 Å². The number of nitrogens with zero attached hydrogens (tertiary/aromatic N) is 3. The Morgan fingerprint density at radius 2 is 2.29 bits per heavy atom. The first-order valence-corrected chi connectivity index (χ1v) is 5.06. The third-order valence-electron chi connectivity index (χ3n) is 2.78. The summed E-state index contributed by atoms with van der Waals surface area (Å²) < 4.78 is 3.08. The van der Waals surface area contributed by atoms with Crippen molar-refractivity contribution in [3.63, 3.8) is 0 Å². The van der Waals surface area contributed by atoms with E-state index in [-0.39, 0.29) is 5.69 Å². The molecule has 5 heteroatoms. The fourth-order valence-electron chi connectivity index (χ4n) is 1.85. The molecule has 0 amide bonds. The van der Waals surface area contributed by atoms with Crippen molar-refractivity contribution in [3.05, 3.63) is 16.8 Å². The summed E-state index contributed by atoms with van der Waals surface area (Å²) >= 11 is 0. The van der Waals surface area contributed by atoms with Gasteiger partial charge >= 0.3 is 5.69 Å². The molecule has 0 bridgehead atoms. The minimum Gasteiger partial charge on any atom is -0.317 e. The second-order valence-electron chi connectivity index (χ2n) is 3.90. The lowest BCUT2D eigenvalue weighted by Gasteiger charge is -2.21. The van der Waals surface area contributed by atoms with E-state index in [9.17, 15) is 4.79 Å². The minimum absolute atomic E-state index is 0.0106. The van der Waals surface area contributed by atoms with Gasteiger partial charge < -0.3 is 5.32 Å². The van der Waals surface area contributed by atoms with Gasteiger partial charge in [-0.2, -0.15) is 5.10 Å². The van der Waals surface area contributed by atoms with Gasteiger partial charge in [0.05, 0.1) is 0 Å². The van der Waals surface area contributed by atoms with Gasteiger partial charge in [-0.1, -0.05) is 0 Å². The van der Waals surface area contributed by atoms with E-state index in [1.807, 2.05) is 0 Å². The average molecular weight is 196 g/mol. The molecule has 0 atom stereocenters. The molecule has 0 saturated carbocycles. The van der Waals surface area contributed by atoms with Gasteiger partial charge in [0, 0.05) is 13.6 Å². The van der Waals surface area contributed by atoms with Gasteiger partial charge in [-0.3, -0.25) is 4.57 Å². The zero-order chi connectivity index (χ0) is 9.97. The van der Waals surface area contributed by atoms with E-state index in [1.54, 1.807) is 18.1 Å². The van der Waals surface area contributed by atoms with Crippen LogP contribution in [0.25, 0.3) is 0 Å². The standard InChI is InChI=1S/C9H16N4O/c1-12-7-11-13(9(12)14)6-8-2-4-10-5-3-8/h7-8,10H,2-6H2,1H3. The molecular formula is C9H16N4O. The van der Waals surface area contributed by atoms with Gasteiger partial charge in [0.15, 0.2) is 0 Å². The zero-order valence-corrected chi connectivity index (χ0v) is 8.44. The predicted molar refractivity (Wildman–Crippen MR) is 53.1 cm³/mol. The quantitative estimate of drug-likeness (QED) is 0.699. The first-order chi connectivity index (χ1) is 6.77. The van der Waals surface area contributed by atoms with Crippen LogP contribution in [0.5, 0.6) is 0 Å². The summed E-state index contributed by atoms with van der Waals surface area (Å²) in [5, 5.41) is 7.36. The molecule has 1 aliphatic rings. The van der Waals surface area contributed by atoms with Gasteiger partial charge in [0.2, 0.25) is 0 Å². The zero-order valence-electron chi connectivity index (χ0n) is 8.44. The summed E-state index contributed by atoms with van der Waals surface area (Å²) in [7, 11) is 1.73. The van der Waals surface area contributed by atoms with Gasteiger partial charge in [0.25, 0.3) is 0 Å². The molecule has 1 aromatic heterocycles. The lowest BCUT2D eigenvalue weighted by Crippen LogP contribution is -2.33. The smallest absolute Gasteiger partial charge is 0.317 e. The Morgan fingerprint density at radius 1 is 1.57 bits per heavy atom. The highest BCUT2D eigenvalue weighted by molar-refractivity contribution is 4.72. The Morgan fingerprint density at radius 3 is 2.86 bits per heavy atom. The third kappa shape index (κ3) is 1.87. The minimum atomic E-state index is -0.0106. The monoisotopic (exact) mass is 196 g/mol. The fraction of sp³-hybridized carbons (Fsp3) is 0.778. The molecule has 0 aliphatic carbocycles. The summed E-state index contributed by atoms with van der Waals surface area (Å²) in [6.45, 7) is 2.89. The highest BCUT2D eigenvalue weighted by Crippen LogP contribution is 2.12. The van der Waals surface area contributed by atoms with Crippen LogP contribution in [0.3, 0.4) is 0 Å². The number of rotatable bonds is 2. The van der Waals surface area contributed by atoms with Crippen LogP contribution in [-0.2, 0) is 13.6 Å². The molecule has 1 saturated heterocycles. The number of aryl methyl sites for hydroxylation is 1. The van der Waals surface area contributed by atoms with Crippen LogP contribution in [0, 0.1) is 5.92 Å². The molecule has 1 N–H and O–H groups in total. The van der Waals surface area contributed by atoms with E-state index in [2.05, 4.69) is 10.4 Å². The molecule has 0 aromatic carbocycles. The Labute approximate surface area is 82.7 Å². The van der Waals surface area contributed by atoms with Crippen molar-refractivity contribution in [3.8, 4) is 0 Å². The number of aromatic nitrogens is 3. The lowest BCUT2D eigenvalue weighted by atomic mass is 9.98. The van der Waals surface area contributed by atoms with Gasteiger partial charge in [-0.15, -0.1) is 0 Å². The van der Waals surface area contributed by atoms with E-state index in [0.717, 1.165) is 32.5 Å². The van der Waals surface area contributed by atoms with Crippen LogP contribution < -0.4 is 11.0 Å². The van der Waals surface area contributed by atoms with Crippen LogP contribution >= 0.6 is 0 Å². The number of hydrogen-bond donors (Lipinski definition) is 1. The topological polar surface area (TPSA) is 51.9 Å². The maximum Gasteiger partial charge on any atom is 0.345 e. The van der Waals surface area contributed by atoms with E-state index < -0.39 is 0 Å². The van der Waals surface area contributed by atoms with Crippen molar-refractivity contribution in [2.24, 2.45) is 13.0 Å². The highest BCUT2D eigenvalue weighted by Gasteiger charge is 2.15. The van der Waals surface area contributed by atoms with Gasteiger partial charge in [-0.25, -0.2) is 9.48 Å². The lowest BCUT2D eigenvalue weighted by molar-refractivity contribution is 0.316. The number of piperidine rings is 1. The first kappa shape index (κ1) is 9.45. The molecule has 0 radical (unpaired) electrons. The molecule has 1 aliphatic heterocycles. The summed E-state index contributed by atoms with van der Waals surface area (Å²) in [6, 6.07) is 0. The summed E-state index contributed by atoms with van der Waals surface area (Å²) in [6.07, 6.45) is 3.86. The molecule has 14 heavy (non-hydrogen) atoms. The largest absolute Gasteiger partial charge is 0.345 e. The van der Waals surface area contributed by atoms with E-state index in [1.165, 1.54) is 4.57 Å². The number of nitrogens with one attached hydrogen (secondary N) is 1. The van der Waals surface area contributed by atoms with E-state index >= 15 is 0 Å². The molecule has 1 fully saturated rings. The molecule has 2 rings (SSSR count). The van der Waals surface area contributed by atoms with Gasteiger partial charge in [-0.05, 0) is 31.8 Å². The van der Waals surface area contributed by atoms with Crippen molar-refractivity contribution >= 4 is 0 Å². The molecule has 78 valence electrons. The molecular weight excluding hydrogens is 180 g/mol. The Balaban J connectivity index is 2.02. The van der Waals surface area contributed by atoms with Crippen LogP contribution in [0.15, 0.2) is 11.1 Å². The maximum absolute atomic E-state index is 11.5. The third-order valence-corrected chi connectivity index (χ3v) is 2.78. The SMILES string of the molecule is Cn1cnn(CC2CCNCC2)c1=O. The predicted octanol–water partition coefficient (Wildman–Crippen LogP) is -0.419. The maximum atomic E-state index is 11.5.